The predicted octanol–water partition coefficient (Wildman–Crippen LogP) is 1.28. The van der Waals surface area contributed by atoms with Crippen molar-refractivity contribution in [2.24, 2.45) is 5.73 Å². The first-order chi connectivity index (χ1) is 7.81. The molecule has 5 nitrogen and oxygen atoms in total. The lowest BCUT2D eigenvalue weighted by atomic mass is 10.3. The van der Waals surface area contributed by atoms with Crippen LogP contribution in [0.4, 0.5) is 0 Å². The summed E-state index contributed by atoms with van der Waals surface area (Å²) in [5.74, 6) is 2.47. The van der Waals surface area contributed by atoms with Gasteiger partial charge in [0.15, 0.2) is 5.82 Å². The Kier molecular flexibility index (Phi) is 6.26. The summed E-state index contributed by atoms with van der Waals surface area (Å²) >= 11 is 2.06. The van der Waals surface area contributed by atoms with E-state index in [0.29, 0.717) is 12.4 Å². The fourth-order valence-corrected chi connectivity index (χ4v) is 3.06. The third kappa shape index (κ3) is 4.13. The van der Waals surface area contributed by atoms with E-state index in [-0.39, 0.29) is 12.4 Å². The van der Waals surface area contributed by atoms with E-state index < -0.39 is 0 Å². The molecule has 17 heavy (non-hydrogen) atoms. The molecule has 1 fully saturated rings. The van der Waals surface area contributed by atoms with Gasteiger partial charge in [0.25, 0.3) is 0 Å². The van der Waals surface area contributed by atoms with E-state index in [4.69, 9.17) is 10.3 Å². The Morgan fingerprint density at radius 1 is 1.59 bits per heavy atom. The van der Waals surface area contributed by atoms with Crippen molar-refractivity contribution in [2.75, 3.05) is 18.8 Å². The summed E-state index contributed by atoms with van der Waals surface area (Å²) in [5, 5.41) is 4.66. The van der Waals surface area contributed by atoms with Gasteiger partial charge in [0.2, 0.25) is 5.89 Å². The number of rotatable bonds is 4. The molecule has 2 heterocycles. The highest BCUT2D eigenvalue weighted by molar-refractivity contribution is 8.00. The minimum absolute atomic E-state index is 0. The number of hydrogen-bond donors (Lipinski definition) is 1. The highest BCUT2D eigenvalue weighted by atomic mass is 35.5. The average Bonchev–Trinajstić information content (AvgIpc) is 2.77. The Balaban J connectivity index is 0.00000144. The minimum atomic E-state index is 0. The number of nitrogens with two attached hydrogens (primary N) is 1. The van der Waals surface area contributed by atoms with Crippen LogP contribution in [0, 0.1) is 0 Å². The van der Waals surface area contributed by atoms with E-state index in [1.54, 1.807) is 0 Å². The topological polar surface area (TPSA) is 68.2 Å². The summed E-state index contributed by atoms with van der Waals surface area (Å²) in [6, 6.07) is 0. The van der Waals surface area contributed by atoms with Gasteiger partial charge in [-0.1, -0.05) is 12.1 Å². The quantitative estimate of drug-likeness (QED) is 0.895. The molecule has 0 spiro atoms. The van der Waals surface area contributed by atoms with Crippen molar-refractivity contribution in [1.82, 2.24) is 15.0 Å². The van der Waals surface area contributed by atoms with Crippen LogP contribution in [-0.4, -0.2) is 39.1 Å². The highest BCUT2D eigenvalue weighted by Gasteiger charge is 2.20. The van der Waals surface area contributed by atoms with Gasteiger partial charge in [0, 0.05) is 24.1 Å². The fourth-order valence-electron chi connectivity index (χ4n) is 1.81. The maximum Gasteiger partial charge on any atom is 0.240 e. The second-order valence-electron chi connectivity index (χ2n) is 3.94. The average molecular weight is 279 g/mol. The molecule has 7 heteroatoms. The molecule has 0 radical (unpaired) electrons. The number of halogens is 1. The molecule has 98 valence electrons. The van der Waals surface area contributed by atoms with Crippen LogP contribution in [0.3, 0.4) is 0 Å². The summed E-state index contributed by atoms with van der Waals surface area (Å²) in [7, 11) is 0. The van der Waals surface area contributed by atoms with Crippen LogP contribution >= 0.6 is 24.2 Å². The van der Waals surface area contributed by atoms with Crippen molar-refractivity contribution in [3.8, 4) is 0 Å². The van der Waals surface area contributed by atoms with Gasteiger partial charge in [-0.15, -0.1) is 12.4 Å². The number of nitrogens with zero attached hydrogens (tertiary/aromatic N) is 3. The minimum Gasteiger partial charge on any atom is -0.338 e. The molecule has 0 amide bonds. The molecule has 1 aliphatic heterocycles. The standard InChI is InChI=1S/C10H18N4OS.ClH/c1-2-8-6-14(3-4-16-8)7-9-12-10(5-11)15-13-9;/h8H,2-7,11H2,1H3;1H. The van der Waals surface area contributed by atoms with E-state index in [9.17, 15) is 0 Å². The van der Waals surface area contributed by atoms with E-state index in [2.05, 4.69) is 33.7 Å². The summed E-state index contributed by atoms with van der Waals surface area (Å²) in [4.78, 5) is 6.61. The molecule has 1 atom stereocenters. The predicted molar refractivity (Wildman–Crippen MR) is 71.3 cm³/mol. The molecule has 0 aromatic carbocycles. The van der Waals surface area contributed by atoms with Crippen molar-refractivity contribution in [3.63, 3.8) is 0 Å². The van der Waals surface area contributed by atoms with E-state index >= 15 is 0 Å². The van der Waals surface area contributed by atoms with Gasteiger partial charge < -0.3 is 10.3 Å². The summed E-state index contributed by atoms with van der Waals surface area (Å²) < 4.78 is 4.99. The Morgan fingerprint density at radius 2 is 2.41 bits per heavy atom. The lowest BCUT2D eigenvalue weighted by molar-refractivity contribution is 0.261. The van der Waals surface area contributed by atoms with Crippen molar-refractivity contribution < 1.29 is 4.52 Å². The zero-order chi connectivity index (χ0) is 11.4. The lowest BCUT2D eigenvalue weighted by Crippen LogP contribution is -2.37. The van der Waals surface area contributed by atoms with Crippen LogP contribution in [0.5, 0.6) is 0 Å². The molecule has 1 unspecified atom stereocenters. The SMILES string of the molecule is CCC1CN(Cc2noc(CN)n2)CCS1.Cl. The van der Waals surface area contributed by atoms with Gasteiger partial charge in [-0.3, -0.25) is 4.90 Å². The largest absolute Gasteiger partial charge is 0.338 e. The molecule has 2 N–H and O–H groups in total. The molecular weight excluding hydrogens is 260 g/mol. The molecule has 1 saturated heterocycles. The Labute approximate surface area is 112 Å². The molecule has 0 aliphatic carbocycles. The Hall–Kier alpha value is -0.300. The van der Waals surface area contributed by atoms with Crippen LogP contribution < -0.4 is 5.73 Å². The molecule has 1 aromatic heterocycles. The second-order valence-corrected chi connectivity index (χ2v) is 5.35. The first-order valence-electron chi connectivity index (χ1n) is 5.67. The zero-order valence-electron chi connectivity index (χ0n) is 9.96. The lowest BCUT2D eigenvalue weighted by Gasteiger charge is -2.30. The van der Waals surface area contributed by atoms with E-state index in [1.165, 1.54) is 12.2 Å². The molecule has 0 saturated carbocycles. The van der Waals surface area contributed by atoms with Gasteiger partial charge in [-0.2, -0.15) is 16.7 Å². The third-order valence-electron chi connectivity index (χ3n) is 2.73. The number of thioether (sulfide) groups is 1. The van der Waals surface area contributed by atoms with Crippen LogP contribution in [0.1, 0.15) is 25.1 Å². The van der Waals surface area contributed by atoms with Gasteiger partial charge in [0.05, 0.1) is 13.1 Å². The fraction of sp³-hybridized carbons (Fsp3) is 0.800. The first-order valence-corrected chi connectivity index (χ1v) is 6.72. The molecular formula is C10H19ClN4OS. The number of aromatic nitrogens is 2. The maximum atomic E-state index is 5.43. The highest BCUT2D eigenvalue weighted by Crippen LogP contribution is 2.21. The second kappa shape index (κ2) is 7.20. The summed E-state index contributed by atoms with van der Waals surface area (Å²) in [6.45, 7) is 5.56. The van der Waals surface area contributed by atoms with Crippen LogP contribution in [0.15, 0.2) is 4.52 Å². The molecule has 1 aliphatic rings. The van der Waals surface area contributed by atoms with Gasteiger partial charge in [-0.05, 0) is 6.42 Å². The monoisotopic (exact) mass is 278 g/mol. The van der Waals surface area contributed by atoms with Crippen molar-refractivity contribution >= 4 is 24.2 Å². The van der Waals surface area contributed by atoms with Crippen molar-refractivity contribution in [1.29, 1.82) is 0 Å². The normalized spacial score (nSPS) is 21.2. The maximum absolute atomic E-state index is 5.43. The smallest absolute Gasteiger partial charge is 0.240 e. The van der Waals surface area contributed by atoms with E-state index in [0.717, 1.165) is 30.7 Å². The molecule has 0 bridgehead atoms. The van der Waals surface area contributed by atoms with Crippen LogP contribution in [0.2, 0.25) is 0 Å². The van der Waals surface area contributed by atoms with Gasteiger partial charge >= 0.3 is 0 Å². The number of hydrogen-bond acceptors (Lipinski definition) is 6. The zero-order valence-corrected chi connectivity index (χ0v) is 11.6. The van der Waals surface area contributed by atoms with Gasteiger partial charge in [-0.25, -0.2) is 0 Å². The summed E-state index contributed by atoms with van der Waals surface area (Å²) in [5.41, 5.74) is 5.43. The summed E-state index contributed by atoms with van der Waals surface area (Å²) in [6.07, 6.45) is 1.22. The van der Waals surface area contributed by atoms with Gasteiger partial charge in [0.1, 0.15) is 0 Å². The van der Waals surface area contributed by atoms with E-state index in [1.807, 2.05) is 0 Å². The van der Waals surface area contributed by atoms with Crippen molar-refractivity contribution in [2.45, 2.75) is 31.7 Å². The van der Waals surface area contributed by atoms with Crippen LogP contribution in [0.25, 0.3) is 0 Å². The third-order valence-corrected chi connectivity index (χ3v) is 4.10. The first kappa shape index (κ1) is 14.8. The molecule has 1 aromatic rings. The van der Waals surface area contributed by atoms with Crippen LogP contribution in [-0.2, 0) is 13.1 Å². The van der Waals surface area contributed by atoms with Crippen molar-refractivity contribution in [3.05, 3.63) is 11.7 Å². The molecule has 2 rings (SSSR count). The Bertz CT molecular complexity index is 336. The Morgan fingerprint density at radius 3 is 3.06 bits per heavy atom.